The van der Waals surface area contributed by atoms with Gasteiger partial charge in [0.05, 0.1) is 0 Å². The largest absolute Gasteiger partial charge is 0.342 e. The van der Waals surface area contributed by atoms with E-state index in [9.17, 15) is 9.59 Å². The minimum absolute atomic E-state index is 0.117. The Morgan fingerprint density at radius 2 is 2.42 bits per heavy atom. The third-order valence-corrected chi connectivity index (χ3v) is 4.14. The van der Waals surface area contributed by atoms with Gasteiger partial charge in [0, 0.05) is 50.5 Å². The molecule has 1 aromatic heterocycles. The Labute approximate surface area is 116 Å². The quantitative estimate of drug-likeness (QED) is 0.809. The van der Waals surface area contributed by atoms with Crippen molar-refractivity contribution in [2.75, 3.05) is 18.8 Å². The Morgan fingerprint density at radius 3 is 3.11 bits per heavy atom. The standard InChI is InChI=1S/C13H17N3O2S/c1-10(17)19-8-11-6-13(18)16(7-11)5-3-12-2-4-14-9-15-12/h2,4,9,11H,3,5-8H2,1H3. The van der Waals surface area contributed by atoms with Crippen molar-refractivity contribution in [3.05, 3.63) is 24.3 Å². The lowest BCUT2D eigenvalue weighted by Gasteiger charge is -2.16. The van der Waals surface area contributed by atoms with E-state index in [1.54, 1.807) is 13.1 Å². The van der Waals surface area contributed by atoms with Crippen LogP contribution in [0.3, 0.4) is 0 Å². The monoisotopic (exact) mass is 279 g/mol. The van der Waals surface area contributed by atoms with E-state index in [0.29, 0.717) is 18.9 Å². The number of carbonyl (C=O) groups excluding carboxylic acids is 2. The molecule has 0 spiro atoms. The van der Waals surface area contributed by atoms with E-state index in [1.807, 2.05) is 11.0 Å². The van der Waals surface area contributed by atoms with Gasteiger partial charge in [-0.2, -0.15) is 0 Å². The molecule has 1 aliphatic heterocycles. The molecule has 1 fully saturated rings. The Balaban J connectivity index is 1.78. The molecule has 0 aromatic carbocycles. The van der Waals surface area contributed by atoms with Crippen molar-refractivity contribution in [1.29, 1.82) is 0 Å². The molecule has 102 valence electrons. The van der Waals surface area contributed by atoms with Gasteiger partial charge in [-0.1, -0.05) is 11.8 Å². The molecule has 0 radical (unpaired) electrons. The topological polar surface area (TPSA) is 63.2 Å². The van der Waals surface area contributed by atoms with E-state index in [2.05, 4.69) is 9.97 Å². The molecule has 0 N–H and O–H groups in total. The van der Waals surface area contributed by atoms with Crippen LogP contribution in [0.25, 0.3) is 0 Å². The van der Waals surface area contributed by atoms with Crippen LogP contribution < -0.4 is 0 Å². The van der Waals surface area contributed by atoms with Crippen molar-refractivity contribution >= 4 is 22.8 Å². The molecule has 19 heavy (non-hydrogen) atoms. The molecular weight excluding hydrogens is 262 g/mol. The van der Waals surface area contributed by atoms with Gasteiger partial charge in [-0.05, 0) is 12.0 Å². The van der Waals surface area contributed by atoms with Gasteiger partial charge in [-0.25, -0.2) is 9.97 Å². The van der Waals surface area contributed by atoms with E-state index in [1.165, 1.54) is 18.1 Å². The Bertz CT molecular complexity index is 452. The van der Waals surface area contributed by atoms with Crippen molar-refractivity contribution < 1.29 is 9.59 Å². The SMILES string of the molecule is CC(=O)SCC1CC(=O)N(CCc2ccncn2)C1. The van der Waals surface area contributed by atoms with Crippen LogP contribution in [-0.4, -0.2) is 44.7 Å². The van der Waals surface area contributed by atoms with Crippen LogP contribution in [0.1, 0.15) is 19.0 Å². The second-order valence-corrected chi connectivity index (χ2v) is 5.86. The average molecular weight is 279 g/mol. The minimum Gasteiger partial charge on any atom is -0.342 e. The van der Waals surface area contributed by atoms with Crippen LogP contribution in [0.2, 0.25) is 0 Å². The maximum atomic E-state index is 11.8. The lowest BCUT2D eigenvalue weighted by Crippen LogP contribution is -2.28. The molecule has 1 amide bonds. The molecule has 1 aromatic rings. The van der Waals surface area contributed by atoms with Crippen LogP contribution in [0.15, 0.2) is 18.6 Å². The lowest BCUT2D eigenvalue weighted by atomic mass is 10.1. The summed E-state index contributed by atoms with van der Waals surface area (Å²) in [5, 5.41) is 0.117. The summed E-state index contributed by atoms with van der Waals surface area (Å²) in [4.78, 5) is 32.7. The molecule has 5 nitrogen and oxygen atoms in total. The van der Waals surface area contributed by atoms with Gasteiger partial charge >= 0.3 is 0 Å². The van der Waals surface area contributed by atoms with Gasteiger partial charge in [0.1, 0.15) is 6.33 Å². The number of amides is 1. The summed E-state index contributed by atoms with van der Waals surface area (Å²) in [6.07, 6.45) is 4.54. The molecule has 1 atom stereocenters. The van der Waals surface area contributed by atoms with Crippen LogP contribution in [0.4, 0.5) is 0 Å². The first-order valence-electron chi connectivity index (χ1n) is 6.31. The fourth-order valence-electron chi connectivity index (χ4n) is 2.13. The molecule has 1 saturated heterocycles. The number of nitrogens with zero attached hydrogens (tertiary/aromatic N) is 3. The number of carbonyl (C=O) groups is 2. The maximum absolute atomic E-state index is 11.8. The van der Waals surface area contributed by atoms with Gasteiger partial charge in [0.15, 0.2) is 5.12 Å². The highest BCUT2D eigenvalue weighted by atomic mass is 32.2. The van der Waals surface area contributed by atoms with Gasteiger partial charge in [0.2, 0.25) is 5.91 Å². The average Bonchev–Trinajstić information content (AvgIpc) is 2.76. The van der Waals surface area contributed by atoms with Crippen LogP contribution in [-0.2, 0) is 16.0 Å². The zero-order valence-corrected chi connectivity index (χ0v) is 11.7. The molecule has 0 aliphatic carbocycles. The van der Waals surface area contributed by atoms with Crippen molar-refractivity contribution in [3.63, 3.8) is 0 Å². The summed E-state index contributed by atoms with van der Waals surface area (Å²) in [6.45, 7) is 3.01. The third kappa shape index (κ3) is 4.31. The van der Waals surface area contributed by atoms with Crippen LogP contribution >= 0.6 is 11.8 Å². The van der Waals surface area contributed by atoms with Crippen molar-refractivity contribution in [1.82, 2.24) is 14.9 Å². The van der Waals surface area contributed by atoms with Gasteiger partial charge in [-0.15, -0.1) is 0 Å². The van der Waals surface area contributed by atoms with E-state index in [0.717, 1.165) is 24.4 Å². The molecular formula is C13H17N3O2S. The summed E-state index contributed by atoms with van der Waals surface area (Å²) in [7, 11) is 0. The summed E-state index contributed by atoms with van der Waals surface area (Å²) >= 11 is 1.31. The van der Waals surface area contributed by atoms with E-state index >= 15 is 0 Å². The molecule has 0 saturated carbocycles. The number of hydrogen-bond donors (Lipinski definition) is 0. The highest BCUT2D eigenvalue weighted by Crippen LogP contribution is 2.22. The van der Waals surface area contributed by atoms with Crippen molar-refractivity contribution in [2.24, 2.45) is 5.92 Å². The molecule has 0 bridgehead atoms. The number of hydrogen-bond acceptors (Lipinski definition) is 5. The molecule has 2 heterocycles. The Kier molecular flexibility index (Phi) is 4.90. The highest BCUT2D eigenvalue weighted by Gasteiger charge is 2.29. The molecule has 2 rings (SSSR count). The maximum Gasteiger partial charge on any atom is 0.222 e. The fraction of sp³-hybridized carbons (Fsp3) is 0.538. The lowest BCUT2D eigenvalue weighted by molar-refractivity contribution is -0.127. The summed E-state index contributed by atoms with van der Waals surface area (Å²) < 4.78 is 0. The van der Waals surface area contributed by atoms with Crippen molar-refractivity contribution in [3.8, 4) is 0 Å². The second-order valence-electron chi connectivity index (χ2n) is 4.66. The predicted octanol–water partition coefficient (Wildman–Crippen LogP) is 1.15. The molecule has 1 aliphatic rings. The molecule has 1 unspecified atom stereocenters. The van der Waals surface area contributed by atoms with Crippen LogP contribution in [0.5, 0.6) is 0 Å². The number of aromatic nitrogens is 2. The van der Waals surface area contributed by atoms with Gasteiger partial charge in [-0.3, -0.25) is 9.59 Å². The molecule has 6 heteroatoms. The summed E-state index contributed by atoms with van der Waals surface area (Å²) in [5.41, 5.74) is 0.948. The first-order chi connectivity index (χ1) is 9.15. The number of likely N-dealkylation sites (tertiary alicyclic amines) is 1. The fourth-order valence-corrected chi connectivity index (χ4v) is 2.83. The van der Waals surface area contributed by atoms with Gasteiger partial charge in [0.25, 0.3) is 0 Å². The summed E-state index contributed by atoms with van der Waals surface area (Å²) in [5.74, 6) is 1.22. The predicted molar refractivity (Wildman–Crippen MR) is 73.6 cm³/mol. The number of thioether (sulfide) groups is 1. The summed E-state index contributed by atoms with van der Waals surface area (Å²) in [6, 6.07) is 1.86. The van der Waals surface area contributed by atoms with Crippen molar-refractivity contribution in [2.45, 2.75) is 19.8 Å². The first-order valence-corrected chi connectivity index (χ1v) is 7.29. The third-order valence-electron chi connectivity index (χ3n) is 3.10. The van der Waals surface area contributed by atoms with Crippen LogP contribution in [0, 0.1) is 5.92 Å². The van der Waals surface area contributed by atoms with Gasteiger partial charge < -0.3 is 4.90 Å². The highest BCUT2D eigenvalue weighted by molar-refractivity contribution is 8.13. The zero-order valence-electron chi connectivity index (χ0n) is 10.9. The minimum atomic E-state index is 0.117. The Morgan fingerprint density at radius 1 is 1.58 bits per heavy atom. The zero-order chi connectivity index (χ0) is 13.7. The Hall–Kier alpha value is -1.43. The normalized spacial score (nSPS) is 18.9. The smallest absolute Gasteiger partial charge is 0.222 e. The second kappa shape index (κ2) is 6.65. The van der Waals surface area contributed by atoms with E-state index in [4.69, 9.17) is 0 Å². The first kappa shape index (κ1) is 14.0. The van der Waals surface area contributed by atoms with E-state index in [-0.39, 0.29) is 11.0 Å². The number of rotatable bonds is 5. The van der Waals surface area contributed by atoms with E-state index < -0.39 is 0 Å².